The van der Waals surface area contributed by atoms with Gasteiger partial charge in [-0.15, -0.1) is 11.3 Å². The van der Waals surface area contributed by atoms with Gasteiger partial charge in [-0.25, -0.2) is 9.66 Å². The number of fused-ring (bicyclic) bond motifs is 2. The van der Waals surface area contributed by atoms with Gasteiger partial charge in [-0.1, -0.05) is 30.3 Å². The van der Waals surface area contributed by atoms with Crippen molar-refractivity contribution < 1.29 is 9.59 Å². The molecule has 118 valence electrons. The Morgan fingerprint density at radius 3 is 2.67 bits per heavy atom. The number of nitrogens with zero attached hydrogens (tertiary/aromatic N) is 2. The first-order valence-electron chi connectivity index (χ1n) is 7.41. The number of ketones is 1. The van der Waals surface area contributed by atoms with E-state index in [9.17, 15) is 9.59 Å². The number of carbonyl (C=O) groups is 2. The number of aromatic nitrogens is 2. The number of nitrogens with one attached hydrogen (secondary N) is 1. The lowest BCUT2D eigenvalue weighted by Gasteiger charge is -2.05. The number of hydrogen-bond donors (Lipinski definition) is 1. The van der Waals surface area contributed by atoms with Crippen molar-refractivity contribution in [3.8, 4) is 0 Å². The van der Waals surface area contributed by atoms with Crippen molar-refractivity contribution >= 4 is 44.1 Å². The molecule has 0 spiro atoms. The molecule has 6 heteroatoms. The second-order valence-electron chi connectivity index (χ2n) is 5.43. The standard InChI is InChI=1S/C18H13N3O2S/c1-11-12-6-2-5-9-15(12)24-17(11)16(22)18(23)20-21-10-19-13-7-3-4-8-14(13)21/h2-10H,1H3,(H,20,23). The van der Waals surface area contributed by atoms with Crippen LogP contribution in [0.1, 0.15) is 15.2 Å². The summed E-state index contributed by atoms with van der Waals surface area (Å²) in [6.07, 6.45) is 1.49. The third kappa shape index (κ3) is 2.28. The summed E-state index contributed by atoms with van der Waals surface area (Å²) in [5.74, 6) is -1.21. The van der Waals surface area contributed by atoms with E-state index in [4.69, 9.17) is 0 Å². The fraction of sp³-hybridized carbons (Fsp3) is 0.0556. The maximum absolute atomic E-state index is 12.6. The molecule has 0 atom stereocenters. The topological polar surface area (TPSA) is 64.0 Å². The van der Waals surface area contributed by atoms with Crippen molar-refractivity contribution in [2.24, 2.45) is 0 Å². The van der Waals surface area contributed by atoms with Gasteiger partial charge in [0.2, 0.25) is 0 Å². The van der Waals surface area contributed by atoms with Crippen LogP contribution in [0, 0.1) is 6.92 Å². The molecule has 0 unspecified atom stereocenters. The van der Waals surface area contributed by atoms with Gasteiger partial charge in [0.15, 0.2) is 0 Å². The molecule has 5 nitrogen and oxygen atoms in total. The normalized spacial score (nSPS) is 11.0. The number of carbonyl (C=O) groups excluding carboxylic acids is 2. The molecule has 2 heterocycles. The molecule has 0 radical (unpaired) electrons. The Morgan fingerprint density at radius 2 is 1.83 bits per heavy atom. The predicted molar refractivity (Wildman–Crippen MR) is 95.0 cm³/mol. The van der Waals surface area contributed by atoms with Gasteiger partial charge in [-0.2, -0.15) is 0 Å². The van der Waals surface area contributed by atoms with Crippen LogP contribution in [-0.2, 0) is 4.79 Å². The molecule has 0 saturated carbocycles. The molecule has 0 aliphatic rings. The molecule has 1 amide bonds. The molecule has 0 aliphatic carbocycles. The summed E-state index contributed by atoms with van der Waals surface area (Å²) >= 11 is 1.34. The monoisotopic (exact) mass is 335 g/mol. The quantitative estimate of drug-likeness (QED) is 0.460. The lowest BCUT2D eigenvalue weighted by Crippen LogP contribution is -2.29. The molecular weight excluding hydrogens is 322 g/mol. The first-order chi connectivity index (χ1) is 11.6. The molecule has 2 aromatic carbocycles. The van der Waals surface area contributed by atoms with Gasteiger partial charge >= 0.3 is 5.91 Å². The average Bonchev–Trinajstić information content (AvgIpc) is 3.16. The number of aryl methyl sites for hydroxylation is 1. The largest absolute Gasteiger partial charge is 0.312 e. The Balaban J connectivity index is 1.66. The third-order valence-electron chi connectivity index (χ3n) is 3.93. The second-order valence-corrected chi connectivity index (χ2v) is 6.48. The maximum Gasteiger partial charge on any atom is 0.312 e. The first-order valence-corrected chi connectivity index (χ1v) is 8.22. The summed E-state index contributed by atoms with van der Waals surface area (Å²) in [6.45, 7) is 1.87. The number of thiophene rings is 1. The molecule has 4 aromatic rings. The minimum Gasteiger partial charge on any atom is -0.282 e. The van der Waals surface area contributed by atoms with Crippen molar-refractivity contribution in [2.75, 3.05) is 5.43 Å². The second kappa shape index (κ2) is 5.58. The van der Waals surface area contributed by atoms with Crippen LogP contribution in [0.5, 0.6) is 0 Å². The Kier molecular flexibility index (Phi) is 3.39. The molecule has 2 aromatic heterocycles. The van der Waals surface area contributed by atoms with Crippen LogP contribution in [0.3, 0.4) is 0 Å². The first kappa shape index (κ1) is 14.6. The number of para-hydroxylation sites is 2. The number of imidazole rings is 1. The third-order valence-corrected chi connectivity index (χ3v) is 5.20. The summed E-state index contributed by atoms with van der Waals surface area (Å²) in [5, 5.41) is 1.01. The summed E-state index contributed by atoms with van der Waals surface area (Å²) in [7, 11) is 0. The van der Waals surface area contributed by atoms with E-state index in [0.717, 1.165) is 26.7 Å². The minimum absolute atomic E-state index is 0.470. The van der Waals surface area contributed by atoms with Crippen LogP contribution in [0.2, 0.25) is 0 Å². The van der Waals surface area contributed by atoms with Gasteiger partial charge < -0.3 is 0 Å². The highest BCUT2D eigenvalue weighted by molar-refractivity contribution is 7.21. The van der Waals surface area contributed by atoms with Gasteiger partial charge in [-0.3, -0.25) is 15.0 Å². The fourth-order valence-corrected chi connectivity index (χ4v) is 3.85. The number of amides is 1. The van der Waals surface area contributed by atoms with E-state index in [2.05, 4.69) is 10.4 Å². The molecule has 4 rings (SSSR count). The smallest absolute Gasteiger partial charge is 0.282 e. The zero-order chi connectivity index (χ0) is 16.7. The van der Waals surface area contributed by atoms with E-state index in [1.807, 2.05) is 55.5 Å². The fourth-order valence-electron chi connectivity index (χ4n) is 2.70. The molecule has 1 N–H and O–H groups in total. The summed E-state index contributed by atoms with van der Waals surface area (Å²) in [5.41, 5.74) is 4.94. The van der Waals surface area contributed by atoms with Gasteiger partial charge in [-0.05, 0) is 36.1 Å². The van der Waals surface area contributed by atoms with E-state index < -0.39 is 11.7 Å². The number of Topliss-reactive ketones (excluding diaryl/α,β-unsaturated/α-hetero) is 1. The van der Waals surface area contributed by atoms with Crippen LogP contribution in [-0.4, -0.2) is 21.4 Å². The highest BCUT2D eigenvalue weighted by Crippen LogP contribution is 2.30. The van der Waals surface area contributed by atoms with Gasteiger partial charge in [0.25, 0.3) is 5.78 Å². The summed E-state index contributed by atoms with van der Waals surface area (Å²) in [4.78, 5) is 29.6. The summed E-state index contributed by atoms with van der Waals surface area (Å²) in [6, 6.07) is 15.1. The zero-order valence-electron chi connectivity index (χ0n) is 12.8. The Morgan fingerprint density at radius 1 is 1.08 bits per heavy atom. The zero-order valence-corrected chi connectivity index (χ0v) is 13.6. The van der Waals surface area contributed by atoms with Gasteiger partial charge in [0.1, 0.15) is 6.33 Å². The average molecular weight is 335 g/mol. The van der Waals surface area contributed by atoms with E-state index in [1.54, 1.807) is 0 Å². The van der Waals surface area contributed by atoms with Crippen LogP contribution < -0.4 is 5.43 Å². The molecule has 0 fully saturated rings. The van der Waals surface area contributed by atoms with Crippen LogP contribution >= 0.6 is 11.3 Å². The van der Waals surface area contributed by atoms with Crippen LogP contribution in [0.4, 0.5) is 0 Å². The van der Waals surface area contributed by atoms with Crippen molar-refractivity contribution in [3.05, 3.63) is 65.3 Å². The van der Waals surface area contributed by atoms with Crippen molar-refractivity contribution in [3.63, 3.8) is 0 Å². The summed E-state index contributed by atoms with van der Waals surface area (Å²) < 4.78 is 2.47. The van der Waals surface area contributed by atoms with E-state index >= 15 is 0 Å². The number of hydrogen-bond acceptors (Lipinski definition) is 4. The predicted octanol–water partition coefficient (Wildman–Crippen LogP) is 3.51. The van der Waals surface area contributed by atoms with Gasteiger partial charge in [0.05, 0.1) is 15.9 Å². The molecular formula is C18H13N3O2S. The van der Waals surface area contributed by atoms with Gasteiger partial charge in [0, 0.05) is 4.70 Å². The molecule has 0 saturated heterocycles. The molecule has 0 bridgehead atoms. The van der Waals surface area contributed by atoms with Crippen molar-refractivity contribution in [2.45, 2.75) is 6.92 Å². The minimum atomic E-state index is -0.673. The highest BCUT2D eigenvalue weighted by Gasteiger charge is 2.22. The molecule has 24 heavy (non-hydrogen) atoms. The maximum atomic E-state index is 12.6. The molecule has 0 aliphatic heterocycles. The Hall–Kier alpha value is -2.99. The SMILES string of the molecule is Cc1c(C(=O)C(=O)Nn2cnc3ccccc32)sc2ccccc12. The van der Waals surface area contributed by atoms with Crippen molar-refractivity contribution in [1.82, 2.24) is 9.66 Å². The number of rotatable bonds is 3. The highest BCUT2D eigenvalue weighted by atomic mass is 32.1. The van der Waals surface area contributed by atoms with Crippen LogP contribution in [0.15, 0.2) is 54.9 Å². The van der Waals surface area contributed by atoms with E-state index in [0.29, 0.717) is 4.88 Å². The lowest BCUT2D eigenvalue weighted by atomic mass is 10.1. The lowest BCUT2D eigenvalue weighted by molar-refractivity contribution is -0.113. The van der Waals surface area contributed by atoms with Crippen LogP contribution in [0.25, 0.3) is 21.1 Å². The number of benzene rings is 2. The van der Waals surface area contributed by atoms with Crippen molar-refractivity contribution in [1.29, 1.82) is 0 Å². The Bertz CT molecular complexity index is 1090. The Labute approximate surface area is 141 Å². The van der Waals surface area contributed by atoms with E-state index in [1.165, 1.54) is 22.3 Å². The van der Waals surface area contributed by atoms with E-state index in [-0.39, 0.29) is 0 Å².